The number of fused-ring (bicyclic) bond motifs is 7. The van der Waals surface area contributed by atoms with Crippen molar-refractivity contribution < 1.29 is 0 Å². The number of anilines is 6. The fourth-order valence-electron chi connectivity index (χ4n) is 8.78. The molecule has 0 saturated heterocycles. The average molecular weight is 662 g/mol. The van der Waals surface area contributed by atoms with Crippen LogP contribution in [0.25, 0.3) is 38.6 Å². The summed E-state index contributed by atoms with van der Waals surface area (Å²) in [6.45, 7) is 0.0921. The van der Waals surface area contributed by atoms with Crippen LogP contribution >= 0.6 is 0 Å². The first kappa shape index (κ1) is 29.0. The highest BCUT2D eigenvalue weighted by atomic mass is 15.2. The summed E-state index contributed by atoms with van der Waals surface area (Å²) in [6.07, 6.45) is 0. The third-order valence-electron chi connectivity index (χ3n) is 11.0. The quantitative estimate of drug-likeness (QED) is 0.174. The van der Waals surface area contributed by atoms with Crippen molar-refractivity contribution in [1.29, 1.82) is 0 Å². The van der Waals surface area contributed by atoms with Gasteiger partial charge in [0.2, 0.25) is 0 Å². The minimum atomic E-state index is 0.0921. The molecule has 0 bridgehead atoms. The summed E-state index contributed by atoms with van der Waals surface area (Å²) in [7, 11) is 0. The van der Waals surface area contributed by atoms with Crippen LogP contribution in [0.4, 0.5) is 34.1 Å². The first-order valence-electron chi connectivity index (χ1n) is 18.0. The lowest BCUT2D eigenvalue weighted by atomic mass is 9.33. The molecule has 0 radical (unpaired) electrons. The molecule has 8 aromatic carbocycles. The van der Waals surface area contributed by atoms with E-state index in [1.807, 2.05) is 0 Å². The van der Waals surface area contributed by atoms with Gasteiger partial charge < -0.3 is 14.4 Å². The molecule has 0 fully saturated rings. The van der Waals surface area contributed by atoms with Crippen LogP contribution in [-0.4, -0.2) is 11.3 Å². The van der Waals surface area contributed by atoms with Crippen LogP contribution in [0.2, 0.25) is 0 Å². The second-order valence-electron chi connectivity index (χ2n) is 13.7. The van der Waals surface area contributed by atoms with Gasteiger partial charge in [-0.1, -0.05) is 121 Å². The molecule has 4 heteroatoms. The fourth-order valence-corrected chi connectivity index (χ4v) is 8.78. The van der Waals surface area contributed by atoms with E-state index >= 15 is 0 Å². The lowest BCUT2D eigenvalue weighted by Crippen LogP contribution is -2.61. The van der Waals surface area contributed by atoms with Crippen molar-refractivity contribution in [1.82, 2.24) is 4.57 Å². The zero-order valence-electron chi connectivity index (χ0n) is 28.4. The van der Waals surface area contributed by atoms with Gasteiger partial charge in [-0.2, -0.15) is 0 Å². The van der Waals surface area contributed by atoms with Gasteiger partial charge in [0.1, 0.15) is 0 Å². The summed E-state index contributed by atoms with van der Waals surface area (Å²) in [5.74, 6) is 0. The van der Waals surface area contributed by atoms with Crippen LogP contribution in [-0.2, 0) is 0 Å². The van der Waals surface area contributed by atoms with Crippen LogP contribution < -0.4 is 26.2 Å². The van der Waals surface area contributed by atoms with Gasteiger partial charge in [0, 0.05) is 50.6 Å². The molecular weight excluding hydrogens is 629 g/mol. The molecule has 0 unspecified atom stereocenters. The Hall–Kier alpha value is -6.78. The van der Waals surface area contributed by atoms with E-state index in [1.54, 1.807) is 0 Å². The van der Waals surface area contributed by atoms with Crippen molar-refractivity contribution in [2.75, 3.05) is 9.80 Å². The molecule has 3 nitrogen and oxygen atoms in total. The fraction of sp³-hybridized carbons (Fsp3) is 0. The summed E-state index contributed by atoms with van der Waals surface area (Å²) in [5, 5.41) is 2.52. The Balaban J connectivity index is 1.15. The standard InChI is InChI=1S/C48H32BN3/c1-4-15-35(16-5-1)50-42-23-12-10-21-38(42)39-29-27-33(31-46(39)50)34-28-30-41-47(32-34)52(37-19-8-3-9-20-37)45-26-14-25-44-48(45)49(41)40-22-11-13-24-43(40)51(44)36-17-6-2-7-18-36/h1-32H. The second kappa shape index (κ2) is 11.4. The third-order valence-corrected chi connectivity index (χ3v) is 11.0. The molecule has 242 valence electrons. The van der Waals surface area contributed by atoms with Gasteiger partial charge in [0.25, 0.3) is 6.71 Å². The molecule has 1 aromatic heterocycles. The van der Waals surface area contributed by atoms with E-state index < -0.39 is 0 Å². The van der Waals surface area contributed by atoms with E-state index in [2.05, 4.69) is 208 Å². The molecule has 2 aliphatic heterocycles. The predicted molar refractivity (Wildman–Crippen MR) is 220 cm³/mol. The Morgan fingerprint density at radius 1 is 0.327 bits per heavy atom. The zero-order valence-corrected chi connectivity index (χ0v) is 28.4. The Morgan fingerprint density at radius 3 is 1.58 bits per heavy atom. The normalized spacial score (nSPS) is 12.9. The van der Waals surface area contributed by atoms with E-state index in [1.165, 1.54) is 77.8 Å². The number of para-hydroxylation sites is 5. The Bertz CT molecular complexity index is 2810. The molecule has 9 aromatic rings. The lowest BCUT2D eigenvalue weighted by Gasteiger charge is -2.44. The molecule has 0 atom stereocenters. The van der Waals surface area contributed by atoms with E-state index in [0.29, 0.717) is 0 Å². The molecule has 3 heterocycles. The SMILES string of the molecule is c1ccc(N2c3ccccc3B3c4ccc(-c5ccc6c7ccccc7n(-c7ccccc7)c6c5)cc4N(c4ccccc4)c4cccc2c43)cc1. The van der Waals surface area contributed by atoms with Crippen LogP contribution in [0.1, 0.15) is 0 Å². The highest BCUT2D eigenvalue weighted by Crippen LogP contribution is 2.44. The zero-order chi connectivity index (χ0) is 34.2. The first-order chi connectivity index (χ1) is 25.8. The van der Waals surface area contributed by atoms with Crippen LogP contribution in [0.5, 0.6) is 0 Å². The van der Waals surface area contributed by atoms with E-state index in [0.717, 1.165) is 11.4 Å². The molecule has 52 heavy (non-hydrogen) atoms. The van der Waals surface area contributed by atoms with Gasteiger partial charge in [-0.25, -0.2) is 0 Å². The molecule has 0 saturated carbocycles. The third kappa shape index (κ3) is 4.21. The monoisotopic (exact) mass is 661 g/mol. The van der Waals surface area contributed by atoms with Crippen molar-refractivity contribution in [2.45, 2.75) is 0 Å². The number of rotatable bonds is 4. The van der Waals surface area contributed by atoms with E-state index in [9.17, 15) is 0 Å². The van der Waals surface area contributed by atoms with Crippen molar-refractivity contribution in [2.24, 2.45) is 0 Å². The maximum Gasteiger partial charge on any atom is 0.252 e. The van der Waals surface area contributed by atoms with Gasteiger partial charge >= 0.3 is 0 Å². The minimum absolute atomic E-state index is 0.0921. The highest BCUT2D eigenvalue weighted by molar-refractivity contribution is 7.00. The molecular formula is C48H32BN3. The Morgan fingerprint density at radius 2 is 0.846 bits per heavy atom. The number of aromatic nitrogens is 1. The molecule has 0 spiro atoms. The number of hydrogen-bond donors (Lipinski definition) is 0. The summed E-state index contributed by atoms with van der Waals surface area (Å²) in [5.41, 5.74) is 17.1. The van der Waals surface area contributed by atoms with Crippen molar-refractivity contribution in [3.63, 3.8) is 0 Å². The maximum absolute atomic E-state index is 2.48. The van der Waals surface area contributed by atoms with E-state index in [4.69, 9.17) is 0 Å². The maximum atomic E-state index is 2.48. The smallest absolute Gasteiger partial charge is 0.252 e. The summed E-state index contributed by atoms with van der Waals surface area (Å²) >= 11 is 0. The summed E-state index contributed by atoms with van der Waals surface area (Å²) in [6, 6.07) is 70.9. The van der Waals surface area contributed by atoms with Crippen LogP contribution in [0.3, 0.4) is 0 Å². The summed E-state index contributed by atoms with van der Waals surface area (Å²) < 4.78 is 2.40. The van der Waals surface area contributed by atoms with E-state index in [-0.39, 0.29) is 6.71 Å². The number of benzene rings is 8. The number of nitrogens with zero attached hydrogens (tertiary/aromatic N) is 3. The largest absolute Gasteiger partial charge is 0.311 e. The molecule has 2 aliphatic rings. The summed E-state index contributed by atoms with van der Waals surface area (Å²) in [4.78, 5) is 4.92. The first-order valence-corrected chi connectivity index (χ1v) is 18.0. The predicted octanol–water partition coefficient (Wildman–Crippen LogP) is 10.5. The number of hydrogen-bond acceptors (Lipinski definition) is 2. The minimum Gasteiger partial charge on any atom is -0.311 e. The molecule has 0 amide bonds. The highest BCUT2D eigenvalue weighted by Gasteiger charge is 2.43. The van der Waals surface area contributed by atoms with Crippen molar-refractivity contribution >= 4 is 79.0 Å². The van der Waals surface area contributed by atoms with Crippen LogP contribution in [0.15, 0.2) is 194 Å². The lowest BCUT2D eigenvalue weighted by molar-refractivity contribution is 1.18. The Labute approximate surface area is 303 Å². The second-order valence-corrected chi connectivity index (χ2v) is 13.7. The van der Waals surface area contributed by atoms with Gasteiger partial charge in [0.15, 0.2) is 0 Å². The molecule has 0 N–H and O–H groups in total. The molecule has 11 rings (SSSR count). The van der Waals surface area contributed by atoms with Crippen molar-refractivity contribution in [3.05, 3.63) is 194 Å². The van der Waals surface area contributed by atoms with Gasteiger partial charge in [0.05, 0.1) is 11.0 Å². The van der Waals surface area contributed by atoms with Gasteiger partial charge in [-0.05, 0) is 100 Å². The Kier molecular flexibility index (Phi) is 6.35. The van der Waals surface area contributed by atoms with Gasteiger partial charge in [-0.3, -0.25) is 0 Å². The topological polar surface area (TPSA) is 11.4 Å². The van der Waals surface area contributed by atoms with Crippen LogP contribution in [0, 0.1) is 0 Å². The average Bonchev–Trinajstić information content (AvgIpc) is 3.55. The molecule has 0 aliphatic carbocycles. The van der Waals surface area contributed by atoms with Crippen molar-refractivity contribution in [3.8, 4) is 16.8 Å². The van der Waals surface area contributed by atoms with Gasteiger partial charge in [-0.15, -0.1) is 0 Å².